The standard InChI is InChI=1S/C20H24N2O2/c23-20(21-18-7-3-1-4-8-18)24-19-11-9-17(10-12-19)13-16-22-14-5-2-6-15-22/h1,3-4,7-12H,2,5-6,13-16H2,(H,21,23). The molecular weight excluding hydrogens is 300 g/mol. The Morgan fingerprint density at radius 1 is 0.958 bits per heavy atom. The fraction of sp³-hybridized carbons (Fsp3) is 0.350. The number of piperidine rings is 1. The van der Waals surface area contributed by atoms with E-state index in [0.29, 0.717) is 5.75 Å². The molecule has 1 N–H and O–H groups in total. The molecule has 4 nitrogen and oxygen atoms in total. The van der Waals surface area contributed by atoms with Gasteiger partial charge in [-0.15, -0.1) is 0 Å². The van der Waals surface area contributed by atoms with Crippen LogP contribution >= 0.6 is 0 Å². The Balaban J connectivity index is 1.46. The molecule has 4 heteroatoms. The summed E-state index contributed by atoms with van der Waals surface area (Å²) in [5, 5.41) is 2.71. The quantitative estimate of drug-likeness (QED) is 0.890. The third kappa shape index (κ3) is 5.10. The molecule has 3 rings (SSSR count). The van der Waals surface area contributed by atoms with Gasteiger partial charge in [0.15, 0.2) is 0 Å². The highest BCUT2D eigenvalue weighted by atomic mass is 16.6. The number of ether oxygens (including phenoxy) is 1. The highest BCUT2D eigenvalue weighted by Gasteiger charge is 2.10. The molecule has 126 valence electrons. The summed E-state index contributed by atoms with van der Waals surface area (Å²) in [7, 11) is 0. The van der Waals surface area contributed by atoms with E-state index in [1.54, 1.807) is 0 Å². The summed E-state index contributed by atoms with van der Waals surface area (Å²) in [5.74, 6) is 0.560. The summed E-state index contributed by atoms with van der Waals surface area (Å²) < 4.78 is 5.31. The number of likely N-dealkylation sites (tertiary alicyclic amines) is 1. The Kier molecular flexibility index (Phi) is 5.85. The van der Waals surface area contributed by atoms with Crippen molar-refractivity contribution in [3.8, 4) is 5.75 Å². The summed E-state index contributed by atoms with van der Waals surface area (Å²) in [5.41, 5.74) is 2.00. The van der Waals surface area contributed by atoms with Crippen LogP contribution in [0.4, 0.5) is 10.5 Å². The summed E-state index contributed by atoms with van der Waals surface area (Å²) in [6.07, 6.45) is 4.58. The second-order valence-corrected chi connectivity index (χ2v) is 6.18. The second-order valence-electron chi connectivity index (χ2n) is 6.18. The molecule has 0 bridgehead atoms. The molecule has 24 heavy (non-hydrogen) atoms. The van der Waals surface area contributed by atoms with Crippen molar-refractivity contribution in [2.45, 2.75) is 25.7 Å². The van der Waals surface area contributed by atoms with Gasteiger partial charge in [-0.25, -0.2) is 4.79 Å². The predicted octanol–water partition coefficient (Wildman–Crippen LogP) is 4.33. The van der Waals surface area contributed by atoms with Crippen molar-refractivity contribution in [2.75, 3.05) is 25.0 Å². The maximum absolute atomic E-state index is 11.9. The lowest BCUT2D eigenvalue weighted by Crippen LogP contribution is -2.31. The van der Waals surface area contributed by atoms with Crippen molar-refractivity contribution in [2.24, 2.45) is 0 Å². The number of nitrogens with one attached hydrogen (secondary N) is 1. The topological polar surface area (TPSA) is 41.6 Å². The smallest absolute Gasteiger partial charge is 0.410 e. The van der Waals surface area contributed by atoms with Crippen LogP contribution in [0.15, 0.2) is 54.6 Å². The molecule has 0 saturated carbocycles. The second kappa shape index (κ2) is 8.50. The van der Waals surface area contributed by atoms with E-state index in [4.69, 9.17) is 4.74 Å². The van der Waals surface area contributed by atoms with Crippen LogP contribution < -0.4 is 10.1 Å². The molecule has 0 aliphatic carbocycles. The fourth-order valence-corrected chi connectivity index (χ4v) is 2.97. The first-order chi connectivity index (χ1) is 11.8. The van der Waals surface area contributed by atoms with Gasteiger partial charge in [-0.2, -0.15) is 0 Å². The Morgan fingerprint density at radius 3 is 2.38 bits per heavy atom. The molecule has 1 saturated heterocycles. The van der Waals surface area contributed by atoms with Gasteiger partial charge in [0.2, 0.25) is 0 Å². The number of benzene rings is 2. The zero-order chi connectivity index (χ0) is 16.6. The Morgan fingerprint density at radius 2 is 1.67 bits per heavy atom. The molecule has 1 aliphatic rings. The number of carbonyl (C=O) groups excluding carboxylic acids is 1. The minimum absolute atomic E-state index is 0.470. The van der Waals surface area contributed by atoms with Crippen LogP contribution in [-0.4, -0.2) is 30.6 Å². The van der Waals surface area contributed by atoms with Crippen molar-refractivity contribution < 1.29 is 9.53 Å². The molecule has 0 spiro atoms. The molecule has 1 heterocycles. The van der Waals surface area contributed by atoms with E-state index >= 15 is 0 Å². The third-order valence-corrected chi connectivity index (χ3v) is 4.32. The van der Waals surface area contributed by atoms with Crippen molar-refractivity contribution in [3.05, 3.63) is 60.2 Å². The van der Waals surface area contributed by atoms with Crippen LogP contribution in [0.5, 0.6) is 5.75 Å². The molecule has 2 aromatic rings. The highest BCUT2D eigenvalue weighted by Crippen LogP contribution is 2.15. The van der Waals surface area contributed by atoms with E-state index in [2.05, 4.69) is 10.2 Å². The van der Waals surface area contributed by atoms with Crippen LogP contribution in [0.1, 0.15) is 24.8 Å². The lowest BCUT2D eigenvalue weighted by Gasteiger charge is -2.26. The normalized spacial score (nSPS) is 15.0. The van der Waals surface area contributed by atoms with Crippen molar-refractivity contribution in [1.82, 2.24) is 4.90 Å². The van der Waals surface area contributed by atoms with Gasteiger partial charge >= 0.3 is 6.09 Å². The van der Waals surface area contributed by atoms with Gasteiger partial charge in [0.1, 0.15) is 5.75 Å². The lowest BCUT2D eigenvalue weighted by atomic mass is 10.1. The number of anilines is 1. The number of hydrogen-bond donors (Lipinski definition) is 1. The number of rotatable bonds is 5. The fourth-order valence-electron chi connectivity index (χ4n) is 2.97. The average molecular weight is 324 g/mol. The van der Waals surface area contributed by atoms with Gasteiger partial charge in [0.05, 0.1) is 0 Å². The van der Waals surface area contributed by atoms with Crippen LogP contribution in [-0.2, 0) is 6.42 Å². The van der Waals surface area contributed by atoms with Crippen LogP contribution in [0, 0.1) is 0 Å². The van der Waals surface area contributed by atoms with E-state index in [1.807, 2.05) is 54.6 Å². The van der Waals surface area contributed by atoms with Crippen molar-refractivity contribution in [3.63, 3.8) is 0 Å². The van der Waals surface area contributed by atoms with Crippen LogP contribution in [0.3, 0.4) is 0 Å². The number of carbonyl (C=O) groups is 1. The summed E-state index contributed by atoms with van der Waals surface area (Å²) in [6, 6.07) is 17.1. The maximum Gasteiger partial charge on any atom is 0.417 e. The minimum atomic E-state index is -0.470. The molecule has 1 fully saturated rings. The molecule has 0 aromatic heterocycles. The zero-order valence-corrected chi connectivity index (χ0v) is 13.9. The van der Waals surface area contributed by atoms with E-state index in [1.165, 1.54) is 37.9 Å². The Labute approximate surface area is 143 Å². The Bertz CT molecular complexity index is 634. The van der Waals surface area contributed by atoms with Gasteiger partial charge < -0.3 is 9.64 Å². The molecule has 0 unspecified atom stereocenters. The third-order valence-electron chi connectivity index (χ3n) is 4.32. The lowest BCUT2D eigenvalue weighted by molar-refractivity contribution is 0.215. The number of hydrogen-bond acceptors (Lipinski definition) is 3. The first-order valence-electron chi connectivity index (χ1n) is 8.65. The zero-order valence-electron chi connectivity index (χ0n) is 13.9. The Hall–Kier alpha value is -2.33. The average Bonchev–Trinajstić information content (AvgIpc) is 2.63. The number of para-hydroxylation sites is 1. The van der Waals surface area contributed by atoms with Gasteiger partial charge in [-0.3, -0.25) is 5.32 Å². The molecule has 0 atom stereocenters. The van der Waals surface area contributed by atoms with Gasteiger partial charge in [-0.05, 0) is 62.2 Å². The van der Waals surface area contributed by atoms with Gasteiger partial charge in [0, 0.05) is 12.2 Å². The molecule has 0 radical (unpaired) electrons. The van der Waals surface area contributed by atoms with Crippen molar-refractivity contribution >= 4 is 11.8 Å². The molecule has 1 aliphatic heterocycles. The van der Waals surface area contributed by atoms with Crippen LogP contribution in [0.25, 0.3) is 0 Å². The first-order valence-corrected chi connectivity index (χ1v) is 8.65. The van der Waals surface area contributed by atoms with Gasteiger partial charge in [-0.1, -0.05) is 36.8 Å². The van der Waals surface area contributed by atoms with E-state index in [9.17, 15) is 4.79 Å². The SMILES string of the molecule is O=C(Nc1ccccc1)Oc1ccc(CCN2CCCCC2)cc1. The predicted molar refractivity (Wildman–Crippen MR) is 96.5 cm³/mol. The monoisotopic (exact) mass is 324 g/mol. The summed E-state index contributed by atoms with van der Waals surface area (Å²) >= 11 is 0. The number of nitrogens with zero attached hydrogens (tertiary/aromatic N) is 1. The van der Waals surface area contributed by atoms with Gasteiger partial charge in [0.25, 0.3) is 0 Å². The van der Waals surface area contributed by atoms with E-state index in [0.717, 1.165) is 18.7 Å². The summed E-state index contributed by atoms with van der Waals surface area (Å²) in [4.78, 5) is 14.4. The largest absolute Gasteiger partial charge is 0.417 e. The van der Waals surface area contributed by atoms with Crippen molar-refractivity contribution in [1.29, 1.82) is 0 Å². The summed E-state index contributed by atoms with van der Waals surface area (Å²) in [6.45, 7) is 3.55. The van der Waals surface area contributed by atoms with E-state index < -0.39 is 6.09 Å². The number of amides is 1. The first kappa shape index (κ1) is 16.5. The highest BCUT2D eigenvalue weighted by molar-refractivity contribution is 5.86. The molecule has 1 amide bonds. The van der Waals surface area contributed by atoms with E-state index in [-0.39, 0.29) is 0 Å². The maximum atomic E-state index is 11.9. The molecular formula is C20H24N2O2. The molecule has 2 aromatic carbocycles. The van der Waals surface area contributed by atoms with Crippen LogP contribution in [0.2, 0.25) is 0 Å². The minimum Gasteiger partial charge on any atom is -0.410 e.